The maximum atomic E-state index is 13.0. The normalized spacial score (nSPS) is 15.5. The van der Waals surface area contributed by atoms with Crippen molar-refractivity contribution in [2.45, 2.75) is 25.7 Å². The molecule has 0 amide bonds. The number of anilines is 1. The van der Waals surface area contributed by atoms with Crippen LogP contribution in [0.4, 0.5) is 5.82 Å². The molecule has 158 valence electrons. The van der Waals surface area contributed by atoms with E-state index in [4.69, 9.17) is 4.52 Å². The van der Waals surface area contributed by atoms with Gasteiger partial charge in [-0.2, -0.15) is 8.99 Å². The molecule has 3 heterocycles. The molecule has 0 aliphatic carbocycles. The standard InChI is InChI=1S/C20H23N5O4S/c1-14-4-6-17(7-5-14)25-19(26)9-8-18(21-25)23-10-12-24(13-11-23)30(27,28)20-15(2)22-29-16(20)3/h4-9H,10-13H2,1-3H3. The molecule has 30 heavy (non-hydrogen) atoms. The van der Waals surface area contributed by atoms with Gasteiger partial charge in [0.15, 0.2) is 5.76 Å². The minimum absolute atomic E-state index is 0.141. The lowest BCUT2D eigenvalue weighted by Gasteiger charge is -2.34. The van der Waals surface area contributed by atoms with Crippen LogP contribution < -0.4 is 10.5 Å². The SMILES string of the molecule is Cc1ccc(-n2nc(N3CCN(S(=O)(=O)c4c(C)noc4C)CC3)ccc2=O)cc1. The van der Waals surface area contributed by atoms with Crippen molar-refractivity contribution < 1.29 is 12.9 Å². The molecule has 0 bridgehead atoms. The molecule has 1 fully saturated rings. The molecule has 3 aromatic rings. The van der Waals surface area contributed by atoms with Gasteiger partial charge in [-0.05, 0) is 39.0 Å². The largest absolute Gasteiger partial charge is 0.360 e. The van der Waals surface area contributed by atoms with Crippen molar-refractivity contribution in [1.82, 2.24) is 19.2 Å². The van der Waals surface area contributed by atoms with Crippen molar-refractivity contribution in [3.05, 3.63) is 63.8 Å². The fourth-order valence-electron chi connectivity index (χ4n) is 3.57. The second kappa shape index (κ2) is 7.69. The molecule has 2 aromatic heterocycles. The minimum Gasteiger partial charge on any atom is -0.360 e. The molecular weight excluding hydrogens is 406 g/mol. The van der Waals surface area contributed by atoms with Gasteiger partial charge >= 0.3 is 0 Å². The van der Waals surface area contributed by atoms with E-state index in [1.807, 2.05) is 36.1 Å². The topological polar surface area (TPSA) is 102 Å². The quantitative estimate of drug-likeness (QED) is 0.621. The van der Waals surface area contributed by atoms with Gasteiger partial charge in [0, 0.05) is 32.2 Å². The first-order chi connectivity index (χ1) is 14.3. The summed E-state index contributed by atoms with van der Waals surface area (Å²) in [5, 5.41) is 8.26. The monoisotopic (exact) mass is 429 g/mol. The Morgan fingerprint density at radius 2 is 1.60 bits per heavy atom. The summed E-state index contributed by atoms with van der Waals surface area (Å²) in [6.45, 7) is 6.73. The lowest BCUT2D eigenvalue weighted by Crippen LogP contribution is -2.49. The molecule has 10 heteroatoms. The predicted molar refractivity (Wildman–Crippen MR) is 112 cm³/mol. The van der Waals surface area contributed by atoms with E-state index in [0.717, 1.165) is 5.56 Å². The van der Waals surface area contributed by atoms with Crippen LogP contribution in [0, 0.1) is 20.8 Å². The Bertz CT molecular complexity index is 1200. The molecule has 0 atom stereocenters. The third kappa shape index (κ3) is 3.63. The average molecular weight is 430 g/mol. The zero-order valence-corrected chi connectivity index (χ0v) is 17.9. The predicted octanol–water partition coefficient (Wildman–Crippen LogP) is 1.66. The van der Waals surface area contributed by atoms with E-state index in [2.05, 4.69) is 10.3 Å². The Labute approximate surface area is 174 Å². The van der Waals surface area contributed by atoms with Gasteiger partial charge in [0.1, 0.15) is 16.4 Å². The zero-order chi connectivity index (χ0) is 21.5. The first kappa shape index (κ1) is 20.3. The Kier molecular flexibility index (Phi) is 5.20. The summed E-state index contributed by atoms with van der Waals surface area (Å²) in [5.41, 5.74) is 1.93. The minimum atomic E-state index is -3.67. The van der Waals surface area contributed by atoms with Crippen molar-refractivity contribution in [3.8, 4) is 5.69 Å². The van der Waals surface area contributed by atoms with Gasteiger partial charge in [0.2, 0.25) is 10.0 Å². The highest BCUT2D eigenvalue weighted by Crippen LogP contribution is 2.25. The number of sulfonamides is 1. The number of aryl methyl sites for hydroxylation is 3. The summed E-state index contributed by atoms with van der Waals surface area (Å²) in [6.07, 6.45) is 0. The summed E-state index contributed by atoms with van der Waals surface area (Å²) in [7, 11) is -3.67. The molecule has 0 radical (unpaired) electrons. The first-order valence-electron chi connectivity index (χ1n) is 9.63. The number of benzene rings is 1. The van der Waals surface area contributed by atoms with Crippen LogP contribution in [-0.2, 0) is 10.0 Å². The Hall–Kier alpha value is -2.98. The molecule has 4 rings (SSSR count). The summed E-state index contributed by atoms with van der Waals surface area (Å²) >= 11 is 0. The second-order valence-electron chi connectivity index (χ2n) is 7.32. The highest BCUT2D eigenvalue weighted by molar-refractivity contribution is 7.89. The van der Waals surface area contributed by atoms with Crippen LogP contribution >= 0.6 is 0 Å². The maximum Gasteiger partial charge on any atom is 0.271 e. The molecule has 0 spiro atoms. The number of hydrogen-bond donors (Lipinski definition) is 0. The van der Waals surface area contributed by atoms with E-state index in [1.54, 1.807) is 19.9 Å². The zero-order valence-electron chi connectivity index (χ0n) is 17.1. The number of rotatable bonds is 4. The molecule has 9 nitrogen and oxygen atoms in total. The first-order valence-corrected chi connectivity index (χ1v) is 11.1. The molecule has 1 aliphatic rings. The van der Waals surface area contributed by atoms with Crippen molar-refractivity contribution in [2.75, 3.05) is 31.1 Å². The van der Waals surface area contributed by atoms with E-state index in [1.165, 1.54) is 15.1 Å². The second-order valence-corrected chi connectivity index (χ2v) is 9.20. The van der Waals surface area contributed by atoms with E-state index in [0.29, 0.717) is 49.1 Å². The maximum absolute atomic E-state index is 13.0. The summed E-state index contributed by atoms with van der Waals surface area (Å²) in [6, 6.07) is 10.7. The molecule has 1 aromatic carbocycles. The van der Waals surface area contributed by atoms with E-state index in [-0.39, 0.29) is 10.5 Å². The van der Waals surface area contributed by atoms with Crippen molar-refractivity contribution in [3.63, 3.8) is 0 Å². The van der Waals surface area contributed by atoms with Gasteiger partial charge in [-0.1, -0.05) is 22.9 Å². The van der Waals surface area contributed by atoms with Crippen LogP contribution in [0.25, 0.3) is 5.69 Å². The fraction of sp³-hybridized carbons (Fsp3) is 0.350. The highest BCUT2D eigenvalue weighted by Gasteiger charge is 2.33. The number of piperazine rings is 1. The van der Waals surface area contributed by atoms with Crippen LogP contribution in [0.1, 0.15) is 17.0 Å². The Balaban J connectivity index is 1.54. The third-order valence-electron chi connectivity index (χ3n) is 5.19. The average Bonchev–Trinajstić information content (AvgIpc) is 3.08. The van der Waals surface area contributed by atoms with Crippen LogP contribution in [0.3, 0.4) is 0 Å². The molecule has 0 N–H and O–H groups in total. The van der Waals surface area contributed by atoms with Crippen LogP contribution in [0.15, 0.2) is 50.6 Å². The molecular formula is C20H23N5O4S. The van der Waals surface area contributed by atoms with Gasteiger partial charge in [0.25, 0.3) is 5.56 Å². The van der Waals surface area contributed by atoms with Crippen molar-refractivity contribution in [2.24, 2.45) is 0 Å². The van der Waals surface area contributed by atoms with Gasteiger partial charge in [-0.25, -0.2) is 8.42 Å². The van der Waals surface area contributed by atoms with Gasteiger partial charge < -0.3 is 9.42 Å². The summed E-state index contributed by atoms with van der Waals surface area (Å²) < 4.78 is 33.8. The summed E-state index contributed by atoms with van der Waals surface area (Å²) in [4.78, 5) is 14.4. The molecule has 0 unspecified atom stereocenters. The lowest BCUT2D eigenvalue weighted by molar-refractivity contribution is 0.377. The third-order valence-corrected chi connectivity index (χ3v) is 7.34. The van der Waals surface area contributed by atoms with E-state index < -0.39 is 10.0 Å². The highest BCUT2D eigenvalue weighted by atomic mass is 32.2. The van der Waals surface area contributed by atoms with Crippen LogP contribution in [0.2, 0.25) is 0 Å². The number of aromatic nitrogens is 3. The molecule has 1 saturated heterocycles. The van der Waals surface area contributed by atoms with Gasteiger partial charge in [-0.3, -0.25) is 4.79 Å². The van der Waals surface area contributed by atoms with Crippen molar-refractivity contribution >= 4 is 15.8 Å². The Morgan fingerprint density at radius 3 is 2.20 bits per heavy atom. The van der Waals surface area contributed by atoms with Crippen molar-refractivity contribution in [1.29, 1.82) is 0 Å². The number of nitrogens with zero attached hydrogens (tertiary/aromatic N) is 5. The lowest BCUT2D eigenvalue weighted by atomic mass is 10.2. The van der Waals surface area contributed by atoms with Crippen LogP contribution in [0.5, 0.6) is 0 Å². The van der Waals surface area contributed by atoms with Gasteiger partial charge in [0.05, 0.1) is 5.69 Å². The molecule has 0 saturated carbocycles. The Morgan fingerprint density at radius 1 is 0.933 bits per heavy atom. The van der Waals surface area contributed by atoms with E-state index >= 15 is 0 Å². The van der Waals surface area contributed by atoms with E-state index in [9.17, 15) is 13.2 Å². The summed E-state index contributed by atoms with van der Waals surface area (Å²) in [5.74, 6) is 0.923. The molecule has 1 aliphatic heterocycles. The number of hydrogen-bond acceptors (Lipinski definition) is 7. The smallest absolute Gasteiger partial charge is 0.271 e. The fourth-order valence-corrected chi connectivity index (χ4v) is 5.28. The van der Waals surface area contributed by atoms with Gasteiger partial charge in [-0.15, -0.1) is 5.10 Å². The van der Waals surface area contributed by atoms with Crippen LogP contribution in [-0.4, -0.2) is 53.8 Å².